The van der Waals surface area contributed by atoms with Crippen molar-refractivity contribution in [2.75, 3.05) is 31.2 Å². The molecule has 0 radical (unpaired) electrons. The van der Waals surface area contributed by atoms with Crippen molar-refractivity contribution in [2.45, 2.75) is 32.2 Å². The first kappa shape index (κ1) is 15.3. The third kappa shape index (κ3) is 4.49. The van der Waals surface area contributed by atoms with Crippen LogP contribution in [-0.2, 0) is 14.3 Å². The van der Waals surface area contributed by atoms with E-state index in [2.05, 4.69) is 0 Å². The summed E-state index contributed by atoms with van der Waals surface area (Å²) in [6, 6.07) is 0. The number of esters is 1. The van der Waals surface area contributed by atoms with Gasteiger partial charge in [0.25, 0.3) is 0 Å². The standard InChI is InChI=1S/C12H22N2O3S/c1-3-17-11(16)12(2,13)9-18-8-10(15)14-6-4-5-7-14/h3-9,13H2,1-2H3. The second-order valence-electron chi connectivity index (χ2n) is 4.72. The number of carbonyl (C=O) groups is 2. The number of nitrogens with two attached hydrogens (primary N) is 1. The van der Waals surface area contributed by atoms with E-state index in [0.717, 1.165) is 25.9 Å². The van der Waals surface area contributed by atoms with Crippen molar-refractivity contribution in [3.8, 4) is 0 Å². The summed E-state index contributed by atoms with van der Waals surface area (Å²) in [4.78, 5) is 25.2. The molecule has 0 aromatic rings. The SMILES string of the molecule is CCOC(=O)C(C)(N)CSCC(=O)N1CCCC1. The van der Waals surface area contributed by atoms with Crippen molar-refractivity contribution in [1.82, 2.24) is 4.90 Å². The molecule has 5 nitrogen and oxygen atoms in total. The van der Waals surface area contributed by atoms with E-state index < -0.39 is 11.5 Å². The summed E-state index contributed by atoms with van der Waals surface area (Å²) in [5, 5.41) is 0. The van der Waals surface area contributed by atoms with E-state index in [1.807, 2.05) is 4.90 Å². The van der Waals surface area contributed by atoms with Gasteiger partial charge in [0.1, 0.15) is 5.54 Å². The van der Waals surface area contributed by atoms with Gasteiger partial charge in [-0.25, -0.2) is 0 Å². The van der Waals surface area contributed by atoms with Gasteiger partial charge in [0, 0.05) is 18.8 Å². The van der Waals surface area contributed by atoms with Gasteiger partial charge in [-0.05, 0) is 26.7 Å². The predicted molar refractivity (Wildman–Crippen MR) is 72.4 cm³/mol. The maximum Gasteiger partial charge on any atom is 0.326 e. The summed E-state index contributed by atoms with van der Waals surface area (Å²) in [6.45, 7) is 5.42. The molecule has 1 fully saturated rings. The van der Waals surface area contributed by atoms with Crippen LogP contribution in [0.15, 0.2) is 0 Å². The highest BCUT2D eigenvalue weighted by Crippen LogP contribution is 2.15. The van der Waals surface area contributed by atoms with Crippen molar-refractivity contribution < 1.29 is 14.3 Å². The molecule has 1 aliphatic rings. The third-order valence-corrected chi connectivity index (χ3v) is 4.08. The Bertz CT molecular complexity index is 302. The molecule has 1 saturated heterocycles. The van der Waals surface area contributed by atoms with Crippen LogP contribution in [0.25, 0.3) is 0 Å². The number of likely N-dealkylation sites (tertiary alicyclic amines) is 1. The quantitative estimate of drug-likeness (QED) is 0.719. The minimum absolute atomic E-state index is 0.136. The number of hydrogen-bond acceptors (Lipinski definition) is 5. The Balaban J connectivity index is 2.27. The average Bonchev–Trinajstić information content (AvgIpc) is 2.82. The summed E-state index contributed by atoms with van der Waals surface area (Å²) in [5.41, 5.74) is 4.84. The monoisotopic (exact) mass is 274 g/mol. The fourth-order valence-corrected chi connectivity index (χ4v) is 2.76. The van der Waals surface area contributed by atoms with Crippen molar-refractivity contribution in [3.05, 3.63) is 0 Å². The van der Waals surface area contributed by atoms with Gasteiger partial charge in [-0.15, -0.1) is 11.8 Å². The zero-order valence-electron chi connectivity index (χ0n) is 11.1. The van der Waals surface area contributed by atoms with Crippen molar-refractivity contribution in [3.63, 3.8) is 0 Å². The lowest BCUT2D eigenvalue weighted by Gasteiger charge is -2.22. The number of nitrogens with zero attached hydrogens (tertiary/aromatic N) is 1. The van der Waals surface area contributed by atoms with Gasteiger partial charge < -0.3 is 15.4 Å². The molecule has 0 aliphatic carbocycles. The lowest BCUT2D eigenvalue weighted by Crippen LogP contribution is -2.48. The van der Waals surface area contributed by atoms with Crippen LogP contribution in [0, 0.1) is 0 Å². The zero-order valence-corrected chi connectivity index (χ0v) is 11.9. The molecule has 1 rings (SSSR count). The Morgan fingerprint density at radius 1 is 1.39 bits per heavy atom. The topological polar surface area (TPSA) is 72.6 Å². The molecular weight excluding hydrogens is 252 g/mol. The summed E-state index contributed by atoms with van der Waals surface area (Å²) in [6.07, 6.45) is 2.18. The predicted octanol–water partition coefficient (Wildman–Crippen LogP) is 0.623. The van der Waals surface area contributed by atoms with Gasteiger partial charge in [-0.1, -0.05) is 0 Å². The number of hydrogen-bond donors (Lipinski definition) is 1. The Morgan fingerprint density at radius 2 is 2.00 bits per heavy atom. The Kier molecular flexibility index (Phi) is 5.95. The molecular formula is C12H22N2O3S. The fourth-order valence-electron chi connectivity index (χ4n) is 1.76. The molecule has 18 heavy (non-hydrogen) atoms. The van der Waals surface area contributed by atoms with Gasteiger partial charge in [-0.3, -0.25) is 9.59 Å². The number of ether oxygens (including phenoxy) is 1. The highest BCUT2D eigenvalue weighted by molar-refractivity contribution is 8.00. The molecule has 1 unspecified atom stereocenters. The lowest BCUT2D eigenvalue weighted by molar-refractivity contribution is -0.148. The van der Waals surface area contributed by atoms with Crippen LogP contribution >= 0.6 is 11.8 Å². The van der Waals surface area contributed by atoms with Crippen LogP contribution in [-0.4, -0.2) is 53.5 Å². The van der Waals surface area contributed by atoms with Gasteiger partial charge in [-0.2, -0.15) is 0 Å². The second-order valence-corrected chi connectivity index (χ2v) is 5.70. The van der Waals surface area contributed by atoms with Gasteiger partial charge in [0.05, 0.1) is 12.4 Å². The summed E-state index contributed by atoms with van der Waals surface area (Å²) in [7, 11) is 0. The maximum absolute atomic E-state index is 11.8. The molecule has 2 N–H and O–H groups in total. The molecule has 0 aromatic heterocycles. The van der Waals surface area contributed by atoms with Crippen LogP contribution in [0.1, 0.15) is 26.7 Å². The lowest BCUT2D eigenvalue weighted by atomic mass is 10.1. The molecule has 0 spiro atoms. The van der Waals surface area contributed by atoms with Gasteiger partial charge in [0.2, 0.25) is 5.91 Å². The molecule has 104 valence electrons. The van der Waals surface area contributed by atoms with E-state index in [-0.39, 0.29) is 5.91 Å². The van der Waals surface area contributed by atoms with Crippen LogP contribution in [0.4, 0.5) is 0 Å². The van der Waals surface area contributed by atoms with Crippen molar-refractivity contribution >= 4 is 23.6 Å². The van der Waals surface area contributed by atoms with E-state index in [1.165, 1.54) is 11.8 Å². The molecule has 1 atom stereocenters. The first-order chi connectivity index (χ1) is 8.47. The number of thioether (sulfide) groups is 1. The minimum atomic E-state index is -1.02. The highest BCUT2D eigenvalue weighted by atomic mass is 32.2. The van der Waals surface area contributed by atoms with Crippen molar-refractivity contribution in [2.24, 2.45) is 5.73 Å². The fraction of sp³-hybridized carbons (Fsp3) is 0.833. The largest absolute Gasteiger partial charge is 0.465 e. The van der Waals surface area contributed by atoms with Crippen LogP contribution in [0.2, 0.25) is 0 Å². The van der Waals surface area contributed by atoms with Crippen LogP contribution < -0.4 is 5.73 Å². The molecule has 1 heterocycles. The Morgan fingerprint density at radius 3 is 2.56 bits per heavy atom. The summed E-state index contributed by atoms with van der Waals surface area (Å²) >= 11 is 1.39. The smallest absolute Gasteiger partial charge is 0.326 e. The summed E-state index contributed by atoms with van der Waals surface area (Å²) in [5.74, 6) is 0.501. The van der Waals surface area contributed by atoms with Crippen LogP contribution in [0.5, 0.6) is 0 Å². The molecule has 0 bridgehead atoms. The average molecular weight is 274 g/mol. The van der Waals surface area contributed by atoms with Crippen LogP contribution in [0.3, 0.4) is 0 Å². The first-order valence-corrected chi connectivity index (χ1v) is 7.44. The van der Waals surface area contributed by atoms with E-state index in [4.69, 9.17) is 10.5 Å². The zero-order chi connectivity index (χ0) is 13.6. The maximum atomic E-state index is 11.8. The van der Waals surface area contributed by atoms with Crippen molar-refractivity contribution in [1.29, 1.82) is 0 Å². The van der Waals surface area contributed by atoms with Gasteiger partial charge in [0.15, 0.2) is 0 Å². The number of amides is 1. The summed E-state index contributed by atoms with van der Waals surface area (Å²) < 4.78 is 4.89. The van der Waals surface area contributed by atoms with E-state index in [0.29, 0.717) is 18.1 Å². The molecule has 1 aliphatic heterocycles. The molecule has 0 saturated carbocycles. The van der Waals surface area contributed by atoms with E-state index in [9.17, 15) is 9.59 Å². The molecule has 0 aromatic carbocycles. The minimum Gasteiger partial charge on any atom is -0.465 e. The Hall–Kier alpha value is -0.750. The number of carbonyl (C=O) groups excluding carboxylic acids is 2. The van der Waals surface area contributed by atoms with E-state index >= 15 is 0 Å². The highest BCUT2D eigenvalue weighted by Gasteiger charge is 2.30. The molecule has 1 amide bonds. The third-order valence-electron chi connectivity index (χ3n) is 2.83. The second kappa shape index (κ2) is 6.99. The Labute approximate surface area is 112 Å². The first-order valence-electron chi connectivity index (χ1n) is 6.29. The normalized spacial score (nSPS) is 18.5. The number of rotatable bonds is 6. The van der Waals surface area contributed by atoms with Gasteiger partial charge >= 0.3 is 5.97 Å². The molecule has 6 heteroatoms. The van der Waals surface area contributed by atoms with E-state index in [1.54, 1.807) is 13.8 Å².